The van der Waals surface area contributed by atoms with Gasteiger partial charge in [-0.15, -0.1) is 0 Å². The second kappa shape index (κ2) is 3.88. The Bertz CT molecular complexity index is 289. The Morgan fingerprint density at radius 1 is 1.58 bits per heavy atom. The van der Waals surface area contributed by atoms with E-state index in [9.17, 15) is 4.79 Å². The Kier molecular flexibility index (Phi) is 2.36. The molecule has 0 heterocycles. The van der Waals surface area contributed by atoms with Gasteiger partial charge in [0.2, 0.25) is 0 Å². The van der Waals surface area contributed by atoms with E-state index in [1.54, 1.807) is 24.3 Å². The fourth-order valence-corrected chi connectivity index (χ4v) is 0.843. The van der Waals surface area contributed by atoms with Crippen molar-refractivity contribution in [3.05, 3.63) is 35.9 Å². The van der Waals surface area contributed by atoms with Gasteiger partial charge >= 0.3 is 5.97 Å². The number of aliphatic carboxylic acids is 1. The summed E-state index contributed by atoms with van der Waals surface area (Å²) < 4.78 is 7.54. The third-order valence-corrected chi connectivity index (χ3v) is 1.46. The summed E-state index contributed by atoms with van der Waals surface area (Å²) in [6, 6.07) is 7.54. The van der Waals surface area contributed by atoms with Crippen LogP contribution in [-0.4, -0.2) is 17.1 Å². The molecule has 0 aliphatic heterocycles. The number of hydrogen-bond donors (Lipinski definition) is 2. The molecule has 0 aliphatic carbocycles. The van der Waals surface area contributed by atoms with E-state index < -0.39 is 18.4 Å². The summed E-state index contributed by atoms with van der Waals surface area (Å²) in [5.41, 5.74) is 5.93. The second-order valence-electron chi connectivity index (χ2n) is 2.44. The van der Waals surface area contributed by atoms with Gasteiger partial charge in [0.05, 0.1) is 0 Å². The van der Waals surface area contributed by atoms with Gasteiger partial charge in [-0.25, -0.2) is 0 Å². The largest absolute Gasteiger partial charge is 0.480 e. The molecule has 0 aromatic heterocycles. The molecule has 1 rings (SSSR count). The van der Waals surface area contributed by atoms with Gasteiger partial charge in [0, 0.05) is 1.37 Å². The van der Waals surface area contributed by atoms with Crippen LogP contribution in [0.5, 0.6) is 0 Å². The molecule has 3 N–H and O–H groups in total. The van der Waals surface area contributed by atoms with Crippen molar-refractivity contribution in [3.63, 3.8) is 0 Å². The van der Waals surface area contributed by atoms with Gasteiger partial charge in [-0.05, 0) is 12.0 Å². The maximum atomic E-state index is 10.5. The minimum Gasteiger partial charge on any atom is -0.480 e. The summed E-state index contributed by atoms with van der Waals surface area (Å²) in [5.74, 6) is -1.15. The lowest BCUT2D eigenvalue weighted by atomic mass is 10.1. The van der Waals surface area contributed by atoms with Gasteiger partial charge in [0.1, 0.15) is 6.04 Å². The van der Waals surface area contributed by atoms with E-state index in [2.05, 4.69) is 0 Å². The Labute approximate surface area is 72.2 Å². The average molecular weight is 167 g/mol. The van der Waals surface area contributed by atoms with E-state index in [0.717, 1.165) is 0 Å². The fraction of sp³-hybridized carbons (Fsp3) is 0.222. The van der Waals surface area contributed by atoms with Crippen molar-refractivity contribution in [1.29, 1.82) is 0 Å². The molecule has 0 amide bonds. The number of benzene rings is 1. The van der Waals surface area contributed by atoms with Crippen LogP contribution in [0, 0.1) is 0 Å². The molecular weight excluding hydrogens is 155 g/mol. The van der Waals surface area contributed by atoms with Crippen LogP contribution in [0.15, 0.2) is 30.3 Å². The summed E-state index contributed by atoms with van der Waals surface area (Å²) in [4.78, 5) is 10.5. The molecule has 0 bridgehead atoms. The molecule has 2 atom stereocenters. The molecule has 0 fully saturated rings. The number of carbonyl (C=O) groups is 1. The van der Waals surface area contributed by atoms with Crippen LogP contribution >= 0.6 is 0 Å². The van der Waals surface area contributed by atoms with Crippen LogP contribution in [0.1, 0.15) is 6.93 Å². The monoisotopic (exact) mass is 167 g/mol. The highest BCUT2D eigenvalue weighted by Gasteiger charge is 2.10. The predicted molar refractivity (Wildman–Crippen MR) is 45.8 cm³/mol. The predicted octanol–water partition coefficient (Wildman–Crippen LogP) is 0.641. The molecule has 0 radical (unpaired) electrons. The number of carboxylic acid groups (broad SMARTS) is 1. The van der Waals surface area contributed by atoms with Crippen molar-refractivity contribution in [1.82, 2.24) is 0 Å². The lowest BCUT2D eigenvalue weighted by Gasteiger charge is -2.04. The topological polar surface area (TPSA) is 63.3 Å². The Morgan fingerprint density at radius 2 is 2.17 bits per heavy atom. The van der Waals surface area contributed by atoms with Gasteiger partial charge in [-0.1, -0.05) is 30.3 Å². The molecule has 3 nitrogen and oxygen atoms in total. The van der Waals surface area contributed by atoms with Crippen LogP contribution in [0.3, 0.4) is 0 Å². The van der Waals surface area contributed by atoms with Gasteiger partial charge in [0.25, 0.3) is 0 Å². The van der Waals surface area contributed by atoms with Crippen molar-refractivity contribution < 1.29 is 11.3 Å². The Balaban J connectivity index is 2.79. The quantitative estimate of drug-likeness (QED) is 0.649. The first-order valence-corrected chi connectivity index (χ1v) is 3.58. The minimum absolute atomic E-state index is 0.623. The van der Waals surface area contributed by atoms with E-state index >= 15 is 0 Å². The normalized spacial score (nSPS) is 16.2. The number of carboxylic acids is 1. The molecule has 1 aromatic carbocycles. The maximum absolute atomic E-state index is 10.5. The Morgan fingerprint density at radius 3 is 2.67 bits per heavy atom. The van der Waals surface area contributed by atoms with Gasteiger partial charge in [0.15, 0.2) is 0 Å². The first-order chi connectivity index (χ1) is 6.13. The molecule has 12 heavy (non-hydrogen) atoms. The summed E-state index contributed by atoms with van der Waals surface area (Å²) in [6.07, 6.45) is -0.904. The fourth-order valence-electron chi connectivity index (χ4n) is 0.843. The van der Waals surface area contributed by atoms with Crippen molar-refractivity contribution in [2.45, 2.75) is 12.4 Å². The van der Waals surface area contributed by atoms with E-state index in [1.165, 1.54) is 0 Å². The highest BCUT2D eigenvalue weighted by atomic mass is 16.4. The van der Waals surface area contributed by atoms with Crippen LogP contribution in [-0.2, 0) is 11.2 Å². The first kappa shape index (κ1) is 7.31. The lowest BCUT2D eigenvalue weighted by Crippen LogP contribution is -2.32. The molecule has 0 unspecified atom stereocenters. The SMILES string of the molecule is [2H][C@@H](c1ccccc1)[C@H]([15NH2])C(=O)O. The highest BCUT2D eigenvalue weighted by molar-refractivity contribution is 5.73. The maximum Gasteiger partial charge on any atom is 0.320 e. The van der Waals surface area contributed by atoms with Crippen molar-refractivity contribution in [2.24, 2.45) is 5.73 Å². The summed E-state index contributed by atoms with van der Waals surface area (Å²) >= 11 is 0. The van der Waals surface area contributed by atoms with Crippen LogP contribution in [0.4, 0.5) is 0 Å². The van der Waals surface area contributed by atoms with Gasteiger partial charge < -0.3 is 10.8 Å². The lowest BCUT2D eigenvalue weighted by molar-refractivity contribution is -0.138. The minimum atomic E-state index is -1.16. The highest BCUT2D eigenvalue weighted by Crippen LogP contribution is 2.01. The average Bonchev–Trinajstić information content (AvgIpc) is 2.17. The van der Waals surface area contributed by atoms with E-state index in [0.29, 0.717) is 5.56 Å². The van der Waals surface area contributed by atoms with E-state index in [-0.39, 0.29) is 0 Å². The van der Waals surface area contributed by atoms with Crippen molar-refractivity contribution >= 4 is 5.97 Å². The molecule has 64 valence electrons. The van der Waals surface area contributed by atoms with Crippen molar-refractivity contribution in [3.8, 4) is 0 Å². The summed E-state index contributed by atoms with van der Waals surface area (Å²) in [6.45, 7) is 0. The zero-order valence-electron chi connectivity index (χ0n) is 7.47. The van der Waals surface area contributed by atoms with E-state index in [1.807, 2.05) is 6.07 Å². The second-order valence-corrected chi connectivity index (χ2v) is 2.44. The summed E-state index contributed by atoms with van der Waals surface area (Å²) in [5, 5.41) is 8.57. The van der Waals surface area contributed by atoms with Gasteiger partial charge in [-0.2, -0.15) is 0 Å². The summed E-state index contributed by atoms with van der Waals surface area (Å²) in [7, 11) is 0. The molecule has 0 saturated carbocycles. The zero-order chi connectivity index (χ0) is 9.84. The molecule has 3 heteroatoms. The Hall–Kier alpha value is -1.35. The van der Waals surface area contributed by atoms with E-state index in [4.69, 9.17) is 12.2 Å². The van der Waals surface area contributed by atoms with Crippen LogP contribution in [0.25, 0.3) is 0 Å². The number of rotatable bonds is 3. The molecule has 0 saturated heterocycles. The van der Waals surface area contributed by atoms with Crippen LogP contribution < -0.4 is 5.73 Å². The van der Waals surface area contributed by atoms with Crippen LogP contribution in [0.2, 0.25) is 0 Å². The molecule has 0 aliphatic rings. The molecule has 0 spiro atoms. The van der Waals surface area contributed by atoms with Crippen molar-refractivity contribution in [2.75, 3.05) is 0 Å². The first-order valence-electron chi connectivity index (χ1n) is 4.16. The number of nitrogens with two attached hydrogens (primary N) is 1. The third-order valence-electron chi connectivity index (χ3n) is 1.46. The zero-order valence-corrected chi connectivity index (χ0v) is 6.47. The molecular formula is C9H11NO2. The van der Waals surface area contributed by atoms with Gasteiger partial charge in [-0.3, -0.25) is 4.79 Å². The smallest absolute Gasteiger partial charge is 0.320 e. The third kappa shape index (κ3) is 2.36. The molecule has 1 aromatic rings. The number of hydrogen-bond acceptors (Lipinski definition) is 2. The standard InChI is InChI=1S/C9H11NO2/c10-8(9(11)12)6-7-4-2-1-3-5-7/h1-5,8H,6,10H2,(H,11,12)/t8-/m0/s1/i6D,10+1/t6-,8-.